The number of methoxy groups -OCH3 is 1. The van der Waals surface area contributed by atoms with Gasteiger partial charge in [-0.15, -0.1) is 0 Å². The van der Waals surface area contributed by atoms with Crippen molar-refractivity contribution in [2.24, 2.45) is 16.8 Å². The molecule has 1 aromatic rings. The van der Waals surface area contributed by atoms with Crippen LogP contribution in [0.3, 0.4) is 0 Å². The molecule has 0 amide bonds. The normalized spacial score (nSPS) is 23.0. The Bertz CT molecular complexity index is 494. The van der Waals surface area contributed by atoms with Crippen LogP contribution in [0.4, 0.5) is 0 Å². The lowest BCUT2D eigenvalue weighted by atomic mass is 9.87. The number of nitrogens with one attached hydrogen (secondary N) is 1. The monoisotopic (exact) mass is 291 g/mol. The second-order valence-corrected chi connectivity index (χ2v) is 5.85. The van der Waals surface area contributed by atoms with E-state index in [-0.39, 0.29) is 5.84 Å². The summed E-state index contributed by atoms with van der Waals surface area (Å²) in [5, 5.41) is 15.4. The first-order valence-electron chi connectivity index (χ1n) is 7.52. The Hall–Kier alpha value is -1.75. The van der Waals surface area contributed by atoms with Gasteiger partial charge in [0.15, 0.2) is 5.84 Å². The molecule has 0 spiro atoms. The van der Waals surface area contributed by atoms with Crippen LogP contribution in [-0.2, 0) is 6.54 Å². The minimum atomic E-state index is 0.116. The van der Waals surface area contributed by atoms with Gasteiger partial charge >= 0.3 is 0 Å². The van der Waals surface area contributed by atoms with Gasteiger partial charge in [0.1, 0.15) is 5.75 Å². The standard InChI is InChI=1S/C16H25N3O2/c1-11-3-6-14(7-4-11)18-10-13-9-12(16(17)19-20)5-8-15(13)21-2/h5,8-9,11,14,18,20H,3-4,6-7,10H2,1-2H3,(H2,17,19). The molecule has 5 nitrogen and oxygen atoms in total. The fourth-order valence-corrected chi connectivity index (χ4v) is 2.85. The number of benzene rings is 1. The van der Waals surface area contributed by atoms with Crippen LogP contribution in [-0.4, -0.2) is 24.2 Å². The quantitative estimate of drug-likeness (QED) is 0.337. The summed E-state index contributed by atoms with van der Waals surface area (Å²) in [7, 11) is 1.66. The van der Waals surface area contributed by atoms with Crippen molar-refractivity contribution in [2.45, 2.75) is 45.2 Å². The summed E-state index contributed by atoms with van der Waals surface area (Å²) in [5.74, 6) is 1.79. The Balaban J connectivity index is 2.03. The molecule has 21 heavy (non-hydrogen) atoms. The largest absolute Gasteiger partial charge is 0.496 e. The van der Waals surface area contributed by atoms with Crippen LogP contribution in [0, 0.1) is 5.92 Å². The van der Waals surface area contributed by atoms with Crippen molar-refractivity contribution in [3.63, 3.8) is 0 Å². The summed E-state index contributed by atoms with van der Waals surface area (Å²) in [5.41, 5.74) is 7.38. The molecule has 0 atom stereocenters. The highest BCUT2D eigenvalue weighted by Gasteiger charge is 2.18. The molecule has 1 aliphatic rings. The molecule has 1 fully saturated rings. The van der Waals surface area contributed by atoms with Gasteiger partial charge in [0, 0.05) is 23.7 Å². The first kappa shape index (κ1) is 15.6. The van der Waals surface area contributed by atoms with Gasteiger partial charge in [0.05, 0.1) is 7.11 Å². The molecule has 0 saturated heterocycles. The lowest BCUT2D eigenvalue weighted by Crippen LogP contribution is -2.32. The third-order valence-electron chi connectivity index (χ3n) is 4.28. The van der Waals surface area contributed by atoms with E-state index in [1.54, 1.807) is 13.2 Å². The van der Waals surface area contributed by atoms with Gasteiger partial charge in [-0.2, -0.15) is 0 Å². The maximum Gasteiger partial charge on any atom is 0.170 e. The van der Waals surface area contributed by atoms with Crippen LogP contribution in [0.2, 0.25) is 0 Å². The molecule has 0 bridgehead atoms. The maximum atomic E-state index is 8.78. The molecule has 0 heterocycles. The van der Waals surface area contributed by atoms with Crippen molar-refractivity contribution in [2.75, 3.05) is 7.11 Å². The Morgan fingerprint density at radius 1 is 1.38 bits per heavy atom. The van der Waals surface area contributed by atoms with Gasteiger partial charge in [-0.05, 0) is 49.8 Å². The summed E-state index contributed by atoms with van der Waals surface area (Å²) in [4.78, 5) is 0. The van der Waals surface area contributed by atoms with Crippen molar-refractivity contribution in [1.29, 1.82) is 0 Å². The van der Waals surface area contributed by atoms with E-state index in [9.17, 15) is 0 Å². The molecular weight excluding hydrogens is 266 g/mol. The van der Waals surface area contributed by atoms with E-state index in [0.717, 1.165) is 23.8 Å². The molecule has 5 heteroatoms. The average Bonchev–Trinajstić information content (AvgIpc) is 2.53. The molecule has 116 valence electrons. The molecule has 1 aliphatic carbocycles. The number of nitrogens with zero attached hydrogens (tertiary/aromatic N) is 1. The zero-order valence-corrected chi connectivity index (χ0v) is 12.8. The summed E-state index contributed by atoms with van der Waals surface area (Å²) in [6.45, 7) is 3.05. The van der Waals surface area contributed by atoms with Crippen LogP contribution in [0.15, 0.2) is 23.4 Å². The van der Waals surface area contributed by atoms with Gasteiger partial charge in [-0.1, -0.05) is 12.1 Å². The maximum absolute atomic E-state index is 8.78. The van der Waals surface area contributed by atoms with Crippen LogP contribution < -0.4 is 15.8 Å². The first-order chi connectivity index (χ1) is 10.1. The number of hydrogen-bond donors (Lipinski definition) is 3. The van der Waals surface area contributed by atoms with Gasteiger partial charge in [0.2, 0.25) is 0 Å². The summed E-state index contributed by atoms with van der Waals surface area (Å²) < 4.78 is 5.39. The highest BCUT2D eigenvalue weighted by atomic mass is 16.5. The number of oxime groups is 1. The minimum absolute atomic E-state index is 0.116. The van der Waals surface area contributed by atoms with Crippen LogP contribution >= 0.6 is 0 Å². The van der Waals surface area contributed by atoms with Gasteiger partial charge < -0.3 is 21.0 Å². The smallest absolute Gasteiger partial charge is 0.170 e. The minimum Gasteiger partial charge on any atom is -0.496 e. The third-order valence-corrected chi connectivity index (χ3v) is 4.28. The van der Waals surface area contributed by atoms with Crippen molar-refractivity contribution in [1.82, 2.24) is 5.32 Å². The average molecular weight is 291 g/mol. The van der Waals surface area contributed by atoms with Crippen molar-refractivity contribution in [3.05, 3.63) is 29.3 Å². The summed E-state index contributed by atoms with van der Waals surface area (Å²) in [6, 6.07) is 6.12. The Labute approximate surface area is 126 Å². The molecule has 0 aliphatic heterocycles. The summed E-state index contributed by atoms with van der Waals surface area (Å²) in [6.07, 6.45) is 5.03. The highest BCUT2D eigenvalue weighted by Crippen LogP contribution is 2.25. The number of nitrogens with two attached hydrogens (primary N) is 1. The van der Waals surface area contributed by atoms with Crippen LogP contribution in [0.25, 0.3) is 0 Å². The number of hydrogen-bond acceptors (Lipinski definition) is 4. The first-order valence-corrected chi connectivity index (χ1v) is 7.52. The molecule has 0 aromatic heterocycles. The van der Waals surface area contributed by atoms with E-state index in [1.165, 1.54) is 25.7 Å². The van der Waals surface area contributed by atoms with Crippen molar-refractivity contribution < 1.29 is 9.94 Å². The van der Waals surface area contributed by atoms with E-state index in [1.807, 2.05) is 12.1 Å². The van der Waals surface area contributed by atoms with E-state index >= 15 is 0 Å². The zero-order chi connectivity index (χ0) is 15.2. The Morgan fingerprint density at radius 2 is 2.10 bits per heavy atom. The highest BCUT2D eigenvalue weighted by molar-refractivity contribution is 5.97. The fourth-order valence-electron chi connectivity index (χ4n) is 2.85. The van der Waals surface area contributed by atoms with Crippen molar-refractivity contribution >= 4 is 5.84 Å². The molecular formula is C16H25N3O2. The van der Waals surface area contributed by atoms with E-state index in [4.69, 9.17) is 15.7 Å². The predicted molar refractivity (Wildman–Crippen MR) is 83.8 cm³/mol. The molecule has 2 rings (SSSR count). The number of ether oxygens (including phenoxy) is 1. The SMILES string of the molecule is COc1ccc(/C(N)=N/O)cc1CNC1CCC(C)CC1. The topological polar surface area (TPSA) is 79.9 Å². The zero-order valence-electron chi connectivity index (χ0n) is 12.8. The van der Waals surface area contributed by atoms with Crippen LogP contribution in [0.5, 0.6) is 5.75 Å². The molecule has 1 aromatic carbocycles. The molecule has 0 radical (unpaired) electrons. The third kappa shape index (κ3) is 4.11. The van der Waals surface area contributed by atoms with Crippen LogP contribution in [0.1, 0.15) is 43.7 Å². The van der Waals surface area contributed by atoms with Gasteiger partial charge in [-0.25, -0.2) is 0 Å². The van der Waals surface area contributed by atoms with E-state index < -0.39 is 0 Å². The number of rotatable bonds is 5. The Morgan fingerprint density at radius 3 is 2.71 bits per heavy atom. The lowest BCUT2D eigenvalue weighted by Gasteiger charge is -2.27. The molecule has 1 saturated carbocycles. The second-order valence-electron chi connectivity index (χ2n) is 5.85. The molecule has 0 unspecified atom stereocenters. The van der Waals surface area contributed by atoms with E-state index in [0.29, 0.717) is 11.6 Å². The predicted octanol–water partition coefficient (Wildman–Crippen LogP) is 2.46. The Kier molecular flexibility index (Phi) is 5.44. The second kappa shape index (κ2) is 7.31. The fraction of sp³-hybridized carbons (Fsp3) is 0.562. The van der Waals surface area contributed by atoms with Gasteiger partial charge in [-0.3, -0.25) is 0 Å². The van der Waals surface area contributed by atoms with Gasteiger partial charge in [0.25, 0.3) is 0 Å². The summed E-state index contributed by atoms with van der Waals surface area (Å²) >= 11 is 0. The lowest BCUT2D eigenvalue weighted by molar-refractivity contribution is 0.305. The number of amidine groups is 1. The van der Waals surface area contributed by atoms with Crippen molar-refractivity contribution in [3.8, 4) is 5.75 Å². The van der Waals surface area contributed by atoms with E-state index in [2.05, 4.69) is 17.4 Å². The molecule has 4 N–H and O–H groups in total.